The molecule has 1 amide bonds. The van der Waals surface area contributed by atoms with E-state index in [1.54, 1.807) is 4.57 Å². The van der Waals surface area contributed by atoms with Crippen molar-refractivity contribution in [3.8, 4) is 0 Å². The quantitative estimate of drug-likeness (QED) is 0.795. The lowest BCUT2D eigenvalue weighted by Crippen LogP contribution is -2.45. The minimum Gasteiger partial charge on any atom is -0.396 e. The minimum atomic E-state index is 0.0519. The molecule has 0 saturated heterocycles. The van der Waals surface area contributed by atoms with Crippen molar-refractivity contribution in [2.45, 2.75) is 58.0 Å². The van der Waals surface area contributed by atoms with E-state index < -0.39 is 0 Å². The van der Waals surface area contributed by atoms with Crippen molar-refractivity contribution >= 4 is 17.2 Å². The van der Waals surface area contributed by atoms with Gasteiger partial charge >= 0.3 is 4.87 Å². The van der Waals surface area contributed by atoms with Gasteiger partial charge in [0.05, 0.1) is 0 Å². The van der Waals surface area contributed by atoms with E-state index in [-0.39, 0.29) is 17.4 Å². The lowest BCUT2D eigenvalue weighted by molar-refractivity contribution is -0.135. The predicted octanol–water partition coefficient (Wildman–Crippen LogP) is 1.76. The zero-order valence-corrected chi connectivity index (χ0v) is 13.4. The van der Waals surface area contributed by atoms with Crippen molar-refractivity contribution < 1.29 is 9.90 Å². The fraction of sp³-hybridized carbons (Fsp3) is 0.733. The number of aromatic nitrogens is 1. The summed E-state index contributed by atoms with van der Waals surface area (Å²) in [5.41, 5.74) is 0.966. The molecule has 1 heterocycles. The first-order valence-corrected chi connectivity index (χ1v) is 8.56. The molecule has 0 aromatic carbocycles. The molecule has 1 saturated carbocycles. The van der Waals surface area contributed by atoms with Crippen molar-refractivity contribution in [2.75, 3.05) is 13.2 Å². The molecule has 0 bridgehead atoms. The Morgan fingerprint density at radius 3 is 2.76 bits per heavy atom. The van der Waals surface area contributed by atoms with Crippen LogP contribution >= 0.6 is 11.3 Å². The molecule has 1 aliphatic carbocycles. The number of thiazole rings is 1. The summed E-state index contributed by atoms with van der Waals surface area (Å²) in [6.07, 6.45) is 5.17. The molecule has 1 aromatic heterocycles. The largest absolute Gasteiger partial charge is 0.396 e. The SMILES string of the molecule is Cc1csc(=O)n1CCCC(=O)N(CCCO)C1CCC1. The van der Waals surface area contributed by atoms with Gasteiger partial charge in [-0.2, -0.15) is 0 Å². The first kappa shape index (κ1) is 16.2. The Bertz CT molecular complexity index is 519. The second kappa shape index (κ2) is 7.75. The monoisotopic (exact) mass is 312 g/mol. The van der Waals surface area contributed by atoms with Gasteiger partial charge in [-0.15, -0.1) is 0 Å². The Morgan fingerprint density at radius 1 is 1.48 bits per heavy atom. The van der Waals surface area contributed by atoms with Crippen LogP contribution in [0.1, 0.15) is 44.2 Å². The van der Waals surface area contributed by atoms with E-state index in [9.17, 15) is 9.59 Å². The third kappa shape index (κ3) is 4.17. The highest BCUT2D eigenvalue weighted by Gasteiger charge is 2.27. The predicted molar refractivity (Wildman–Crippen MR) is 83.6 cm³/mol. The number of carbonyl (C=O) groups is 1. The van der Waals surface area contributed by atoms with Gasteiger partial charge in [0.2, 0.25) is 5.91 Å². The fourth-order valence-electron chi connectivity index (χ4n) is 2.66. The van der Waals surface area contributed by atoms with Gasteiger partial charge in [-0.1, -0.05) is 11.3 Å². The zero-order valence-electron chi connectivity index (χ0n) is 12.6. The molecule has 1 aromatic rings. The molecule has 21 heavy (non-hydrogen) atoms. The van der Waals surface area contributed by atoms with Crippen LogP contribution in [0, 0.1) is 6.92 Å². The first-order valence-electron chi connectivity index (χ1n) is 7.68. The maximum atomic E-state index is 12.3. The molecule has 0 unspecified atom stereocenters. The molecule has 118 valence electrons. The van der Waals surface area contributed by atoms with Gasteiger partial charge < -0.3 is 14.6 Å². The number of hydrogen-bond acceptors (Lipinski definition) is 4. The highest BCUT2D eigenvalue weighted by atomic mass is 32.1. The number of nitrogens with zero attached hydrogens (tertiary/aromatic N) is 2. The zero-order chi connectivity index (χ0) is 15.2. The van der Waals surface area contributed by atoms with Crippen LogP contribution in [0.3, 0.4) is 0 Å². The molecule has 2 rings (SSSR count). The van der Waals surface area contributed by atoms with Crippen LogP contribution < -0.4 is 4.87 Å². The normalized spacial score (nSPS) is 15.0. The Balaban J connectivity index is 1.82. The van der Waals surface area contributed by atoms with Gasteiger partial charge in [0.15, 0.2) is 0 Å². The van der Waals surface area contributed by atoms with E-state index in [1.165, 1.54) is 17.8 Å². The van der Waals surface area contributed by atoms with Crippen molar-refractivity contribution in [3.05, 3.63) is 20.7 Å². The summed E-state index contributed by atoms with van der Waals surface area (Å²) in [4.78, 5) is 25.9. The Hall–Kier alpha value is -1.14. The maximum absolute atomic E-state index is 12.3. The van der Waals surface area contributed by atoms with Gasteiger partial charge in [0.25, 0.3) is 0 Å². The highest BCUT2D eigenvalue weighted by molar-refractivity contribution is 7.07. The number of hydrogen-bond donors (Lipinski definition) is 1. The molecule has 0 radical (unpaired) electrons. The molecule has 6 heteroatoms. The number of aliphatic hydroxyl groups excluding tert-OH is 1. The Labute approximate surface area is 129 Å². The van der Waals surface area contributed by atoms with Gasteiger partial charge in [-0.05, 0) is 39.0 Å². The van der Waals surface area contributed by atoms with Gasteiger partial charge in [-0.25, -0.2) is 0 Å². The summed E-state index contributed by atoms with van der Waals surface area (Å²) < 4.78 is 1.74. The molecular formula is C15H24N2O3S. The second-order valence-electron chi connectivity index (χ2n) is 5.65. The van der Waals surface area contributed by atoms with E-state index >= 15 is 0 Å². The summed E-state index contributed by atoms with van der Waals surface area (Å²) >= 11 is 1.21. The molecular weight excluding hydrogens is 288 g/mol. The standard InChI is InChI=1S/C15H24N2O3S/c1-12-11-21-15(20)16(12)8-3-7-14(19)17(9-4-10-18)13-5-2-6-13/h11,13,18H,2-10H2,1H3. The highest BCUT2D eigenvalue weighted by Crippen LogP contribution is 2.25. The van der Waals surface area contributed by atoms with E-state index in [1.807, 2.05) is 17.2 Å². The van der Waals surface area contributed by atoms with E-state index in [4.69, 9.17) is 5.11 Å². The van der Waals surface area contributed by atoms with E-state index in [0.29, 0.717) is 38.4 Å². The van der Waals surface area contributed by atoms with Crippen molar-refractivity contribution in [1.82, 2.24) is 9.47 Å². The van der Waals surface area contributed by atoms with Crippen molar-refractivity contribution in [2.24, 2.45) is 0 Å². The fourth-order valence-corrected chi connectivity index (χ4v) is 3.42. The molecule has 0 spiro atoms. The number of rotatable bonds is 8. The molecule has 1 N–H and O–H groups in total. The molecule has 0 aliphatic heterocycles. The first-order chi connectivity index (χ1) is 10.1. The van der Waals surface area contributed by atoms with E-state index in [0.717, 1.165) is 18.5 Å². The smallest absolute Gasteiger partial charge is 0.307 e. The Morgan fingerprint density at radius 2 is 2.24 bits per heavy atom. The third-order valence-electron chi connectivity index (χ3n) is 4.14. The summed E-state index contributed by atoms with van der Waals surface area (Å²) in [6.45, 7) is 3.30. The van der Waals surface area contributed by atoms with Gasteiger partial charge in [-0.3, -0.25) is 9.59 Å². The number of aliphatic hydroxyl groups is 1. The molecule has 5 nitrogen and oxygen atoms in total. The minimum absolute atomic E-state index is 0.0519. The van der Waals surface area contributed by atoms with Crippen LogP contribution in [-0.2, 0) is 11.3 Å². The van der Waals surface area contributed by atoms with Crippen LogP contribution in [0.5, 0.6) is 0 Å². The third-order valence-corrected chi connectivity index (χ3v) is 5.02. The average Bonchev–Trinajstić information content (AvgIpc) is 2.72. The van der Waals surface area contributed by atoms with Crippen molar-refractivity contribution in [3.63, 3.8) is 0 Å². The van der Waals surface area contributed by atoms with Crippen LogP contribution in [0.15, 0.2) is 10.2 Å². The van der Waals surface area contributed by atoms with Crippen LogP contribution in [0.4, 0.5) is 0 Å². The molecule has 1 aliphatic rings. The lowest BCUT2D eigenvalue weighted by Gasteiger charge is -2.37. The van der Waals surface area contributed by atoms with Crippen molar-refractivity contribution in [1.29, 1.82) is 0 Å². The lowest BCUT2D eigenvalue weighted by atomic mass is 9.91. The maximum Gasteiger partial charge on any atom is 0.307 e. The number of amides is 1. The summed E-state index contributed by atoms with van der Waals surface area (Å²) in [5, 5.41) is 10.8. The van der Waals surface area contributed by atoms with Gasteiger partial charge in [0.1, 0.15) is 0 Å². The summed E-state index contributed by atoms with van der Waals surface area (Å²) in [5.74, 6) is 0.161. The number of carbonyl (C=O) groups excluding carboxylic acids is 1. The topological polar surface area (TPSA) is 62.5 Å². The van der Waals surface area contributed by atoms with Crippen LogP contribution in [-0.4, -0.2) is 39.7 Å². The van der Waals surface area contributed by atoms with E-state index in [2.05, 4.69) is 0 Å². The number of aryl methyl sites for hydroxylation is 1. The second-order valence-corrected chi connectivity index (χ2v) is 6.47. The summed E-state index contributed by atoms with van der Waals surface area (Å²) in [6, 6.07) is 0.370. The summed E-state index contributed by atoms with van der Waals surface area (Å²) in [7, 11) is 0. The molecule has 1 fully saturated rings. The van der Waals surface area contributed by atoms with Crippen LogP contribution in [0.2, 0.25) is 0 Å². The Kier molecular flexibility index (Phi) is 5.99. The van der Waals surface area contributed by atoms with Gasteiger partial charge in [0, 0.05) is 43.2 Å². The average molecular weight is 312 g/mol. The molecule has 0 atom stereocenters. The van der Waals surface area contributed by atoms with Crippen LogP contribution in [0.25, 0.3) is 0 Å².